The van der Waals surface area contributed by atoms with Crippen LogP contribution in [0, 0.1) is 0 Å². The Hall–Kier alpha value is -2.25. The van der Waals surface area contributed by atoms with Gasteiger partial charge < -0.3 is 19.7 Å². The number of anilines is 1. The van der Waals surface area contributed by atoms with Crippen molar-refractivity contribution in [1.29, 1.82) is 0 Å². The minimum Gasteiger partial charge on any atom is -0.493 e. The monoisotopic (exact) mass is 366 g/mol. The molecule has 0 aliphatic heterocycles. The van der Waals surface area contributed by atoms with E-state index >= 15 is 0 Å². The van der Waals surface area contributed by atoms with Crippen LogP contribution in [0.5, 0.6) is 11.5 Å². The molecule has 7 nitrogen and oxygen atoms in total. The van der Waals surface area contributed by atoms with Gasteiger partial charge in [0.2, 0.25) is 0 Å². The molecule has 8 heteroatoms. The molecular weight excluding hydrogens is 344 g/mol. The third kappa shape index (κ3) is 4.87. The highest BCUT2D eigenvalue weighted by Gasteiger charge is 2.10. The fraction of sp³-hybridized carbons (Fsp3) is 0.412. The summed E-state index contributed by atoms with van der Waals surface area (Å²) >= 11 is 6.19. The Morgan fingerprint density at radius 1 is 1.24 bits per heavy atom. The molecule has 25 heavy (non-hydrogen) atoms. The van der Waals surface area contributed by atoms with Gasteiger partial charge in [0.05, 0.1) is 32.6 Å². The molecule has 136 valence electrons. The van der Waals surface area contributed by atoms with E-state index in [4.69, 9.17) is 21.1 Å². The van der Waals surface area contributed by atoms with Crippen LogP contribution < -0.4 is 20.3 Å². The summed E-state index contributed by atoms with van der Waals surface area (Å²) < 4.78 is 11.9. The first kappa shape index (κ1) is 19.1. The van der Waals surface area contributed by atoms with Crippen molar-refractivity contribution in [3.8, 4) is 11.5 Å². The van der Waals surface area contributed by atoms with Gasteiger partial charge in [-0.25, -0.2) is 4.68 Å². The zero-order valence-corrected chi connectivity index (χ0v) is 15.6. The summed E-state index contributed by atoms with van der Waals surface area (Å²) in [5.41, 5.74) is 1.16. The molecule has 1 aromatic carbocycles. The average molecular weight is 367 g/mol. The summed E-state index contributed by atoms with van der Waals surface area (Å²) in [4.78, 5) is 14.2. The highest BCUT2D eigenvalue weighted by molar-refractivity contribution is 6.32. The summed E-state index contributed by atoms with van der Waals surface area (Å²) in [6.45, 7) is 1.67. The number of nitrogens with zero attached hydrogens (tertiary/aromatic N) is 3. The molecule has 0 unspecified atom stereocenters. The van der Waals surface area contributed by atoms with Gasteiger partial charge in [-0.15, -0.1) is 0 Å². The Morgan fingerprint density at radius 2 is 1.96 bits per heavy atom. The van der Waals surface area contributed by atoms with E-state index in [-0.39, 0.29) is 10.6 Å². The lowest BCUT2D eigenvalue weighted by atomic mass is 10.2. The van der Waals surface area contributed by atoms with Crippen molar-refractivity contribution in [2.24, 2.45) is 0 Å². The zero-order valence-electron chi connectivity index (χ0n) is 14.9. The van der Waals surface area contributed by atoms with Crippen LogP contribution in [-0.2, 0) is 13.1 Å². The van der Waals surface area contributed by atoms with Crippen LogP contribution in [0.4, 0.5) is 5.69 Å². The molecule has 1 aromatic heterocycles. The Bertz CT molecular complexity index is 777. The Kier molecular flexibility index (Phi) is 6.66. The lowest BCUT2D eigenvalue weighted by molar-refractivity contribution is 0.354. The zero-order chi connectivity index (χ0) is 18.4. The first-order valence-corrected chi connectivity index (χ1v) is 8.19. The van der Waals surface area contributed by atoms with Gasteiger partial charge in [-0.05, 0) is 31.8 Å². The van der Waals surface area contributed by atoms with Crippen LogP contribution in [0.2, 0.25) is 5.02 Å². The van der Waals surface area contributed by atoms with Crippen LogP contribution in [0.3, 0.4) is 0 Å². The van der Waals surface area contributed by atoms with Crippen LogP contribution in [0.15, 0.2) is 29.2 Å². The highest BCUT2D eigenvalue weighted by atomic mass is 35.5. The summed E-state index contributed by atoms with van der Waals surface area (Å²) in [7, 11) is 7.05. The van der Waals surface area contributed by atoms with Gasteiger partial charge in [-0.2, -0.15) is 5.10 Å². The molecule has 1 N–H and O–H groups in total. The molecule has 2 rings (SSSR count). The highest BCUT2D eigenvalue weighted by Crippen LogP contribution is 2.28. The summed E-state index contributed by atoms with van der Waals surface area (Å²) in [5, 5.41) is 7.44. The number of hydrogen-bond acceptors (Lipinski definition) is 6. The minimum atomic E-state index is -0.305. The van der Waals surface area contributed by atoms with E-state index in [2.05, 4.69) is 10.4 Å². The number of aromatic nitrogens is 2. The Labute approximate surface area is 152 Å². The van der Waals surface area contributed by atoms with Gasteiger partial charge in [-0.3, -0.25) is 4.79 Å². The van der Waals surface area contributed by atoms with Gasteiger partial charge in [-0.1, -0.05) is 17.7 Å². The number of nitrogens with one attached hydrogen (secondary N) is 1. The maximum atomic E-state index is 12.3. The van der Waals surface area contributed by atoms with Crippen LogP contribution in [0.25, 0.3) is 0 Å². The summed E-state index contributed by atoms with van der Waals surface area (Å²) in [5.74, 6) is 1.31. The van der Waals surface area contributed by atoms with E-state index in [1.807, 2.05) is 37.2 Å². The van der Waals surface area contributed by atoms with Crippen molar-refractivity contribution >= 4 is 17.3 Å². The molecule has 0 radical (unpaired) electrons. The topological polar surface area (TPSA) is 68.6 Å². The summed E-state index contributed by atoms with van der Waals surface area (Å²) in [6.07, 6.45) is 1.57. The second kappa shape index (κ2) is 8.73. The molecule has 0 saturated heterocycles. The van der Waals surface area contributed by atoms with E-state index in [9.17, 15) is 4.79 Å². The molecule has 0 amide bonds. The predicted octanol–water partition coefficient (Wildman–Crippen LogP) is 2.09. The van der Waals surface area contributed by atoms with Gasteiger partial charge in [0.15, 0.2) is 11.5 Å². The number of ether oxygens (including phenoxy) is 2. The first-order valence-electron chi connectivity index (χ1n) is 7.81. The fourth-order valence-electron chi connectivity index (χ4n) is 2.23. The smallest absolute Gasteiger partial charge is 0.287 e. The van der Waals surface area contributed by atoms with E-state index in [0.29, 0.717) is 36.8 Å². The molecule has 0 atom stereocenters. The lowest BCUT2D eigenvalue weighted by Crippen LogP contribution is -2.29. The lowest BCUT2D eigenvalue weighted by Gasteiger charge is -2.13. The van der Waals surface area contributed by atoms with Crippen molar-refractivity contribution in [2.45, 2.75) is 13.1 Å². The van der Waals surface area contributed by atoms with Gasteiger partial charge in [0.25, 0.3) is 5.56 Å². The second-order valence-corrected chi connectivity index (χ2v) is 6.12. The van der Waals surface area contributed by atoms with Crippen LogP contribution >= 0.6 is 11.6 Å². The van der Waals surface area contributed by atoms with Crippen molar-refractivity contribution in [1.82, 2.24) is 14.7 Å². The van der Waals surface area contributed by atoms with Gasteiger partial charge in [0, 0.05) is 13.1 Å². The van der Waals surface area contributed by atoms with Crippen molar-refractivity contribution in [2.75, 3.05) is 40.2 Å². The predicted molar refractivity (Wildman–Crippen MR) is 98.9 cm³/mol. The number of likely N-dealkylation sites (N-methyl/N-ethyl adjacent to an activating group) is 1. The fourth-order valence-corrected chi connectivity index (χ4v) is 2.44. The van der Waals surface area contributed by atoms with E-state index < -0.39 is 0 Å². The molecule has 0 spiro atoms. The third-order valence-corrected chi connectivity index (χ3v) is 4.04. The van der Waals surface area contributed by atoms with Crippen LogP contribution in [0.1, 0.15) is 5.56 Å². The first-order chi connectivity index (χ1) is 12.0. The maximum Gasteiger partial charge on any atom is 0.287 e. The van der Waals surface area contributed by atoms with Crippen molar-refractivity contribution < 1.29 is 9.47 Å². The average Bonchev–Trinajstić information content (AvgIpc) is 2.61. The van der Waals surface area contributed by atoms with Crippen molar-refractivity contribution in [3.63, 3.8) is 0 Å². The molecule has 1 heterocycles. The second-order valence-electron chi connectivity index (χ2n) is 5.75. The Morgan fingerprint density at radius 3 is 2.60 bits per heavy atom. The molecule has 2 aromatic rings. The van der Waals surface area contributed by atoms with Gasteiger partial charge >= 0.3 is 0 Å². The van der Waals surface area contributed by atoms with Crippen molar-refractivity contribution in [3.05, 3.63) is 45.3 Å². The minimum absolute atomic E-state index is 0.134. The largest absolute Gasteiger partial charge is 0.493 e. The number of benzene rings is 1. The molecular formula is C17H23ClN4O3. The third-order valence-electron chi connectivity index (χ3n) is 3.67. The van der Waals surface area contributed by atoms with Crippen LogP contribution in [-0.4, -0.2) is 49.5 Å². The number of hydrogen-bond donors (Lipinski definition) is 1. The Balaban J connectivity index is 2.11. The number of rotatable bonds is 8. The molecule has 0 aliphatic rings. The van der Waals surface area contributed by atoms with E-state index in [0.717, 1.165) is 5.56 Å². The molecule has 0 aliphatic carbocycles. The normalized spacial score (nSPS) is 10.8. The number of methoxy groups -OCH3 is 2. The quantitative estimate of drug-likeness (QED) is 0.771. The SMILES string of the molecule is COc1ccc(CNc2cnn(CCN(C)C)c(=O)c2Cl)cc1OC. The maximum absolute atomic E-state index is 12.3. The molecule has 0 fully saturated rings. The summed E-state index contributed by atoms with van der Waals surface area (Å²) in [6, 6.07) is 5.61. The van der Waals surface area contributed by atoms with E-state index in [1.165, 1.54) is 4.68 Å². The molecule has 0 saturated carbocycles. The molecule has 0 bridgehead atoms. The van der Waals surface area contributed by atoms with E-state index in [1.54, 1.807) is 20.4 Å². The number of halogens is 1. The standard InChI is InChI=1S/C17H23ClN4O3/c1-21(2)7-8-22-17(23)16(18)13(11-20-22)19-10-12-5-6-14(24-3)15(9-12)25-4/h5-6,9,11,19H,7-8,10H2,1-4H3. The van der Waals surface area contributed by atoms with Gasteiger partial charge in [0.1, 0.15) is 5.02 Å².